The first-order valence-electron chi connectivity index (χ1n) is 6.58. The van der Waals surface area contributed by atoms with Gasteiger partial charge >= 0.3 is 0 Å². The van der Waals surface area contributed by atoms with Crippen molar-refractivity contribution in [2.24, 2.45) is 0 Å². The minimum absolute atomic E-state index is 0.153. The highest BCUT2D eigenvalue weighted by Gasteiger charge is 2.33. The van der Waals surface area contributed by atoms with Crippen LogP contribution < -0.4 is 4.72 Å². The number of nitrogens with zero attached hydrogens (tertiary/aromatic N) is 1. The van der Waals surface area contributed by atoms with Crippen LogP contribution in [-0.4, -0.2) is 33.5 Å². The molecule has 0 aromatic heterocycles. The standard InChI is InChI=1S/C14H18N2O4S/c1-14(2)19-9-13(20-14)8-16-21(17,18)10-12-6-4-3-5-11(12)7-15/h3-6,13,16H,8-10H2,1-2H3. The number of sulfonamides is 1. The summed E-state index contributed by atoms with van der Waals surface area (Å²) in [6.45, 7) is 4.07. The molecule has 0 aliphatic carbocycles. The summed E-state index contributed by atoms with van der Waals surface area (Å²) in [7, 11) is -3.53. The summed E-state index contributed by atoms with van der Waals surface area (Å²) in [6.07, 6.45) is -0.305. The molecular formula is C14H18N2O4S. The van der Waals surface area contributed by atoms with Gasteiger partial charge in [0.1, 0.15) is 0 Å². The smallest absolute Gasteiger partial charge is 0.215 e. The Labute approximate surface area is 124 Å². The molecule has 1 N–H and O–H groups in total. The van der Waals surface area contributed by atoms with Gasteiger partial charge in [-0.1, -0.05) is 18.2 Å². The van der Waals surface area contributed by atoms with E-state index < -0.39 is 15.8 Å². The van der Waals surface area contributed by atoms with E-state index in [-0.39, 0.29) is 18.4 Å². The van der Waals surface area contributed by atoms with Gasteiger partial charge in [-0.3, -0.25) is 0 Å². The summed E-state index contributed by atoms with van der Waals surface area (Å²) >= 11 is 0. The zero-order valence-electron chi connectivity index (χ0n) is 12.0. The van der Waals surface area contributed by atoms with Gasteiger partial charge in [0.25, 0.3) is 0 Å². The predicted octanol–water partition coefficient (Wildman–Crippen LogP) is 1.13. The fourth-order valence-electron chi connectivity index (χ4n) is 2.09. The minimum Gasteiger partial charge on any atom is -0.348 e. The molecule has 6 nitrogen and oxygen atoms in total. The van der Waals surface area contributed by atoms with E-state index in [1.54, 1.807) is 38.1 Å². The summed E-state index contributed by atoms with van der Waals surface area (Å²) in [6, 6.07) is 8.64. The van der Waals surface area contributed by atoms with Crippen LogP contribution in [0.3, 0.4) is 0 Å². The van der Waals surface area contributed by atoms with Gasteiger partial charge in [-0.15, -0.1) is 0 Å². The quantitative estimate of drug-likeness (QED) is 0.880. The summed E-state index contributed by atoms with van der Waals surface area (Å²) in [5.41, 5.74) is 0.848. The molecule has 7 heteroatoms. The molecule has 1 heterocycles. The van der Waals surface area contributed by atoms with Crippen molar-refractivity contribution in [3.63, 3.8) is 0 Å². The molecule has 0 amide bonds. The van der Waals surface area contributed by atoms with Crippen molar-refractivity contribution in [3.05, 3.63) is 35.4 Å². The normalized spacial score (nSPS) is 21.1. The van der Waals surface area contributed by atoms with E-state index in [4.69, 9.17) is 14.7 Å². The summed E-state index contributed by atoms with van der Waals surface area (Å²) in [4.78, 5) is 0. The van der Waals surface area contributed by atoms with Crippen molar-refractivity contribution >= 4 is 10.0 Å². The van der Waals surface area contributed by atoms with E-state index in [2.05, 4.69) is 4.72 Å². The van der Waals surface area contributed by atoms with Crippen LogP contribution in [0.2, 0.25) is 0 Å². The average Bonchev–Trinajstić information content (AvgIpc) is 2.76. The monoisotopic (exact) mass is 310 g/mol. The molecule has 1 unspecified atom stereocenters. The molecular weight excluding hydrogens is 292 g/mol. The van der Waals surface area contributed by atoms with Crippen LogP contribution in [0.5, 0.6) is 0 Å². The lowest BCUT2D eigenvalue weighted by Crippen LogP contribution is -2.35. The molecule has 1 aliphatic heterocycles. The van der Waals surface area contributed by atoms with Crippen molar-refractivity contribution in [3.8, 4) is 6.07 Å². The third kappa shape index (κ3) is 4.51. The molecule has 1 aromatic rings. The first-order chi connectivity index (χ1) is 9.81. The highest BCUT2D eigenvalue weighted by molar-refractivity contribution is 7.88. The molecule has 21 heavy (non-hydrogen) atoms. The number of ether oxygens (including phenoxy) is 2. The van der Waals surface area contributed by atoms with E-state index in [1.807, 2.05) is 6.07 Å². The Hall–Kier alpha value is -1.46. The van der Waals surface area contributed by atoms with Crippen molar-refractivity contribution in [1.82, 2.24) is 4.72 Å². The second-order valence-corrected chi connectivity index (χ2v) is 7.13. The lowest BCUT2D eigenvalue weighted by atomic mass is 10.1. The van der Waals surface area contributed by atoms with E-state index in [0.29, 0.717) is 17.7 Å². The number of nitriles is 1. The molecule has 1 aromatic carbocycles. The Morgan fingerprint density at radius 3 is 2.76 bits per heavy atom. The van der Waals surface area contributed by atoms with Gasteiger partial charge in [0.2, 0.25) is 10.0 Å². The van der Waals surface area contributed by atoms with Crippen LogP contribution in [0.4, 0.5) is 0 Å². The highest BCUT2D eigenvalue weighted by Crippen LogP contribution is 2.22. The molecule has 114 valence electrons. The highest BCUT2D eigenvalue weighted by atomic mass is 32.2. The van der Waals surface area contributed by atoms with Gasteiger partial charge in [-0.2, -0.15) is 5.26 Å². The molecule has 0 radical (unpaired) electrons. The SMILES string of the molecule is CC1(C)OCC(CNS(=O)(=O)Cc2ccccc2C#N)O1. The molecule has 1 saturated heterocycles. The number of benzene rings is 1. The third-order valence-electron chi connectivity index (χ3n) is 3.08. The topological polar surface area (TPSA) is 88.4 Å². The van der Waals surface area contributed by atoms with Crippen LogP contribution >= 0.6 is 0 Å². The van der Waals surface area contributed by atoms with Gasteiger partial charge in [-0.25, -0.2) is 13.1 Å². The van der Waals surface area contributed by atoms with Crippen LogP contribution in [0, 0.1) is 11.3 Å². The molecule has 2 rings (SSSR count). The number of rotatable bonds is 5. The van der Waals surface area contributed by atoms with Crippen LogP contribution in [0.25, 0.3) is 0 Å². The first kappa shape index (κ1) is 15.9. The van der Waals surface area contributed by atoms with E-state index in [0.717, 1.165) is 0 Å². The maximum absolute atomic E-state index is 12.1. The Balaban J connectivity index is 1.95. The van der Waals surface area contributed by atoms with Gasteiger partial charge < -0.3 is 9.47 Å². The summed E-state index contributed by atoms with van der Waals surface area (Å²) in [5, 5.41) is 8.97. The van der Waals surface area contributed by atoms with Gasteiger partial charge in [0.15, 0.2) is 5.79 Å². The predicted molar refractivity (Wildman–Crippen MR) is 76.7 cm³/mol. The van der Waals surface area contributed by atoms with Crippen LogP contribution in [0.15, 0.2) is 24.3 Å². The molecule has 0 saturated carbocycles. The number of nitrogens with one attached hydrogen (secondary N) is 1. The van der Waals surface area contributed by atoms with Crippen molar-refractivity contribution in [2.45, 2.75) is 31.5 Å². The lowest BCUT2D eigenvalue weighted by Gasteiger charge is -2.17. The van der Waals surface area contributed by atoms with E-state index >= 15 is 0 Å². The van der Waals surface area contributed by atoms with Crippen molar-refractivity contribution in [2.75, 3.05) is 13.2 Å². The molecule has 0 spiro atoms. The molecule has 1 atom stereocenters. The van der Waals surface area contributed by atoms with E-state index in [1.165, 1.54) is 0 Å². The van der Waals surface area contributed by atoms with Crippen molar-refractivity contribution < 1.29 is 17.9 Å². The average molecular weight is 310 g/mol. The largest absolute Gasteiger partial charge is 0.348 e. The first-order valence-corrected chi connectivity index (χ1v) is 8.24. The fraction of sp³-hybridized carbons (Fsp3) is 0.500. The van der Waals surface area contributed by atoms with Crippen LogP contribution in [0.1, 0.15) is 25.0 Å². The lowest BCUT2D eigenvalue weighted by molar-refractivity contribution is -0.137. The Bertz CT molecular complexity index is 649. The van der Waals surface area contributed by atoms with Crippen molar-refractivity contribution in [1.29, 1.82) is 5.26 Å². The Morgan fingerprint density at radius 2 is 2.14 bits per heavy atom. The molecule has 1 aliphatic rings. The maximum atomic E-state index is 12.1. The number of hydrogen-bond donors (Lipinski definition) is 1. The van der Waals surface area contributed by atoms with Gasteiger partial charge in [0.05, 0.1) is 30.1 Å². The Kier molecular flexibility index (Phi) is 4.64. The summed E-state index contributed by atoms with van der Waals surface area (Å²) in [5.74, 6) is -0.906. The summed E-state index contributed by atoms with van der Waals surface area (Å²) < 4.78 is 37.5. The second-order valence-electron chi connectivity index (χ2n) is 5.33. The minimum atomic E-state index is -3.53. The fourth-order valence-corrected chi connectivity index (χ4v) is 3.30. The van der Waals surface area contributed by atoms with E-state index in [9.17, 15) is 8.42 Å². The van der Waals surface area contributed by atoms with Gasteiger partial charge in [-0.05, 0) is 25.5 Å². The molecule has 1 fully saturated rings. The Morgan fingerprint density at radius 1 is 1.43 bits per heavy atom. The molecule has 0 bridgehead atoms. The second kappa shape index (κ2) is 6.12. The third-order valence-corrected chi connectivity index (χ3v) is 4.38. The zero-order valence-corrected chi connectivity index (χ0v) is 12.8. The maximum Gasteiger partial charge on any atom is 0.215 e. The van der Waals surface area contributed by atoms with Crippen LogP contribution in [-0.2, 0) is 25.2 Å². The zero-order chi connectivity index (χ0) is 15.5. The van der Waals surface area contributed by atoms with Gasteiger partial charge in [0, 0.05) is 6.54 Å². The number of hydrogen-bond acceptors (Lipinski definition) is 5.